The van der Waals surface area contributed by atoms with Crippen LogP contribution in [0.25, 0.3) is 0 Å². The van der Waals surface area contributed by atoms with Crippen LogP contribution in [-0.4, -0.2) is 61.3 Å². The van der Waals surface area contributed by atoms with Crippen molar-refractivity contribution in [2.75, 3.05) is 32.1 Å². The summed E-state index contributed by atoms with van der Waals surface area (Å²) in [5.74, 6) is -0.518. The van der Waals surface area contributed by atoms with E-state index in [9.17, 15) is 18.0 Å². The molecule has 1 aliphatic rings. The number of nitrogens with zero attached hydrogens (tertiary/aromatic N) is 4. The summed E-state index contributed by atoms with van der Waals surface area (Å²) in [6.45, 7) is 2.17. The van der Waals surface area contributed by atoms with Crippen LogP contribution in [0.1, 0.15) is 29.0 Å². The van der Waals surface area contributed by atoms with E-state index in [0.717, 1.165) is 5.69 Å². The van der Waals surface area contributed by atoms with Gasteiger partial charge in [-0.1, -0.05) is 6.07 Å². The van der Waals surface area contributed by atoms with E-state index in [4.69, 9.17) is 0 Å². The zero-order chi connectivity index (χ0) is 22.8. The summed E-state index contributed by atoms with van der Waals surface area (Å²) in [5, 5.41) is 0.0163. The first-order valence-electron chi connectivity index (χ1n) is 9.97. The molecule has 1 saturated heterocycles. The van der Waals surface area contributed by atoms with Crippen LogP contribution in [0.5, 0.6) is 0 Å². The Morgan fingerprint density at radius 3 is 2.42 bits per heavy atom. The van der Waals surface area contributed by atoms with Crippen LogP contribution in [-0.2, 0) is 21.9 Å². The number of nitrogens with one attached hydrogen (secondary N) is 2. The number of aromatic nitrogens is 2. The summed E-state index contributed by atoms with van der Waals surface area (Å²) in [6, 6.07) is 7.04. The highest BCUT2D eigenvalue weighted by molar-refractivity contribution is 7.89. The highest BCUT2D eigenvalue weighted by atomic mass is 32.2. The first-order chi connectivity index (χ1) is 14.6. The van der Waals surface area contributed by atoms with Gasteiger partial charge in [0.1, 0.15) is 5.82 Å². The molecule has 168 valence electrons. The summed E-state index contributed by atoms with van der Waals surface area (Å²) in [5.41, 5.74) is 6.20. The number of carbonyl (C=O) groups excluding carboxylic acids is 2. The van der Waals surface area contributed by atoms with Crippen molar-refractivity contribution in [3.8, 4) is 0 Å². The third kappa shape index (κ3) is 5.05. The minimum absolute atomic E-state index is 0.0163. The largest absolute Gasteiger partial charge is 0.378 e. The Bertz CT molecular complexity index is 1050. The third-order valence-electron chi connectivity index (χ3n) is 5.44. The van der Waals surface area contributed by atoms with E-state index in [1.54, 1.807) is 36.7 Å². The van der Waals surface area contributed by atoms with Crippen molar-refractivity contribution in [3.63, 3.8) is 0 Å². The van der Waals surface area contributed by atoms with Crippen molar-refractivity contribution in [1.82, 2.24) is 24.7 Å². The molecular formula is C20H28N6O4S. The van der Waals surface area contributed by atoms with Crippen LogP contribution in [0.2, 0.25) is 0 Å². The van der Waals surface area contributed by atoms with Crippen molar-refractivity contribution in [2.45, 2.75) is 24.8 Å². The van der Waals surface area contributed by atoms with Crippen molar-refractivity contribution in [1.29, 1.82) is 0 Å². The van der Waals surface area contributed by atoms with Crippen LogP contribution in [0.3, 0.4) is 0 Å². The van der Waals surface area contributed by atoms with Gasteiger partial charge in [-0.2, -0.15) is 4.31 Å². The zero-order valence-corrected chi connectivity index (χ0v) is 18.9. The zero-order valence-electron chi connectivity index (χ0n) is 18.1. The van der Waals surface area contributed by atoms with Crippen LogP contribution >= 0.6 is 0 Å². The Hall–Kier alpha value is -2.92. The standard InChI is InChI=1S/C20H28N6O4S/c1-14-21-18(13-25(14)4)31(29,30)26-10-8-15(9-11-26)19(27)22-23-20(28)16-6-5-7-17(12-16)24(2)3/h5-7,12-13,15H,8-11H2,1-4H3,(H,22,27)(H,23,28). The number of imidazole rings is 1. The molecule has 0 atom stereocenters. The van der Waals surface area contributed by atoms with E-state index in [1.165, 1.54) is 10.5 Å². The third-order valence-corrected chi connectivity index (χ3v) is 7.21. The Balaban J connectivity index is 1.53. The summed E-state index contributed by atoms with van der Waals surface area (Å²) in [4.78, 5) is 30.8. The molecule has 11 heteroatoms. The van der Waals surface area contributed by atoms with Crippen molar-refractivity contribution >= 4 is 27.5 Å². The lowest BCUT2D eigenvalue weighted by atomic mass is 9.98. The molecule has 2 N–H and O–H groups in total. The lowest BCUT2D eigenvalue weighted by Crippen LogP contribution is -2.48. The first-order valence-corrected chi connectivity index (χ1v) is 11.4. The minimum atomic E-state index is -3.69. The molecule has 10 nitrogen and oxygen atoms in total. The van der Waals surface area contributed by atoms with Gasteiger partial charge in [-0.05, 0) is 38.0 Å². The van der Waals surface area contributed by atoms with Gasteiger partial charge >= 0.3 is 0 Å². The minimum Gasteiger partial charge on any atom is -0.378 e. The Labute approximate surface area is 182 Å². The van der Waals surface area contributed by atoms with Crippen LogP contribution < -0.4 is 15.8 Å². The monoisotopic (exact) mass is 448 g/mol. The van der Waals surface area contributed by atoms with E-state index >= 15 is 0 Å². The van der Waals surface area contributed by atoms with E-state index in [1.807, 2.05) is 25.1 Å². The van der Waals surface area contributed by atoms with Crippen LogP contribution in [0.15, 0.2) is 35.5 Å². The fourth-order valence-electron chi connectivity index (χ4n) is 3.36. The van der Waals surface area contributed by atoms with Crippen molar-refractivity contribution in [3.05, 3.63) is 41.9 Å². The number of rotatable bonds is 5. The average molecular weight is 449 g/mol. The summed E-state index contributed by atoms with van der Waals surface area (Å²) >= 11 is 0. The number of sulfonamides is 1. The lowest BCUT2D eigenvalue weighted by molar-refractivity contribution is -0.126. The predicted molar refractivity (Wildman–Crippen MR) is 116 cm³/mol. The maximum absolute atomic E-state index is 12.8. The molecule has 0 radical (unpaired) electrons. The maximum atomic E-state index is 12.8. The van der Waals surface area contributed by atoms with Crippen molar-refractivity contribution < 1.29 is 18.0 Å². The molecule has 0 bridgehead atoms. The molecule has 1 aromatic heterocycles. The van der Waals surface area contributed by atoms with Gasteiger partial charge < -0.3 is 9.47 Å². The number of aryl methyl sites for hydroxylation is 2. The number of carbonyl (C=O) groups is 2. The molecule has 1 aromatic carbocycles. The smallest absolute Gasteiger partial charge is 0.269 e. The molecule has 0 aliphatic carbocycles. The molecule has 31 heavy (non-hydrogen) atoms. The summed E-state index contributed by atoms with van der Waals surface area (Å²) in [7, 11) is 1.80. The number of anilines is 1. The number of amides is 2. The fourth-order valence-corrected chi connectivity index (χ4v) is 4.85. The lowest BCUT2D eigenvalue weighted by Gasteiger charge is -2.29. The van der Waals surface area contributed by atoms with E-state index in [0.29, 0.717) is 24.2 Å². The number of hydrogen-bond donors (Lipinski definition) is 2. The normalized spacial score (nSPS) is 15.5. The second-order valence-corrected chi connectivity index (χ2v) is 9.69. The highest BCUT2D eigenvalue weighted by Crippen LogP contribution is 2.23. The van der Waals surface area contributed by atoms with Gasteiger partial charge in [0.05, 0.1) is 0 Å². The SMILES string of the molecule is Cc1nc(S(=O)(=O)N2CCC(C(=O)NNC(=O)c3cccc(N(C)C)c3)CC2)cn1C. The molecule has 1 aliphatic heterocycles. The van der Waals surface area contributed by atoms with E-state index in [-0.39, 0.29) is 29.9 Å². The van der Waals surface area contributed by atoms with E-state index < -0.39 is 15.9 Å². The van der Waals surface area contributed by atoms with Gasteiger partial charge in [-0.3, -0.25) is 20.4 Å². The van der Waals surface area contributed by atoms with Crippen molar-refractivity contribution in [2.24, 2.45) is 13.0 Å². The molecule has 1 fully saturated rings. The Kier molecular flexibility index (Phi) is 6.65. The van der Waals surface area contributed by atoms with Gasteiger partial charge in [0.25, 0.3) is 15.9 Å². The molecule has 0 unspecified atom stereocenters. The number of piperidine rings is 1. The predicted octanol–water partition coefficient (Wildman–Crippen LogP) is 0.656. The summed E-state index contributed by atoms with van der Waals surface area (Å²) in [6.07, 6.45) is 2.22. The maximum Gasteiger partial charge on any atom is 0.269 e. The van der Waals surface area contributed by atoms with Gasteiger partial charge in [-0.25, -0.2) is 13.4 Å². The first kappa shape index (κ1) is 22.8. The second-order valence-electron chi connectivity index (χ2n) is 7.80. The molecule has 0 spiro atoms. The quantitative estimate of drug-likeness (QED) is 0.649. The average Bonchev–Trinajstić information content (AvgIpc) is 3.11. The number of hydrazine groups is 1. The van der Waals surface area contributed by atoms with Gasteiger partial charge in [-0.15, -0.1) is 0 Å². The van der Waals surface area contributed by atoms with Gasteiger partial charge in [0.15, 0.2) is 5.03 Å². The van der Waals surface area contributed by atoms with Crippen LogP contribution in [0, 0.1) is 12.8 Å². The second kappa shape index (κ2) is 9.06. The Morgan fingerprint density at radius 1 is 1.16 bits per heavy atom. The number of benzene rings is 1. The molecule has 2 amide bonds. The number of hydrogen-bond acceptors (Lipinski definition) is 6. The highest BCUT2D eigenvalue weighted by Gasteiger charge is 2.33. The topological polar surface area (TPSA) is 117 Å². The molecule has 2 heterocycles. The molecule has 2 aromatic rings. The van der Waals surface area contributed by atoms with Gasteiger partial charge in [0, 0.05) is 57.6 Å². The molecule has 0 saturated carbocycles. The summed E-state index contributed by atoms with van der Waals surface area (Å²) < 4.78 is 28.5. The molecule has 3 rings (SSSR count). The van der Waals surface area contributed by atoms with Gasteiger partial charge in [0.2, 0.25) is 5.91 Å². The van der Waals surface area contributed by atoms with Crippen LogP contribution in [0.4, 0.5) is 5.69 Å². The van der Waals surface area contributed by atoms with E-state index in [2.05, 4.69) is 15.8 Å². The Morgan fingerprint density at radius 2 is 1.84 bits per heavy atom. The fraction of sp³-hybridized carbons (Fsp3) is 0.450. The molecular weight excluding hydrogens is 420 g/mol.